The minimum absolute atomic E-state index is 0.00357. The number of ether oxygens (including phenoxy) is 3. The molecule has 0 aromatic heterocycles. The first-order chi connectivity index (χ1) is 11.6. The zero-order valence-electron chi connectivity index (χ0n) is 14.3. The maximum Gasteiger partial charge on any atom is 0.229 e. The van der Waals surface area contributed by atoms with E-state index in [1.807, 2.05) is 0 Å². The maximum atomic E-state index is 12.5. The predicted octanol–water partition coefficient (Wildman–Crippen LogP) is 1.53. The van der Waals surface area contributed by atoms with Gasteiger partial charge in [-0.25, -0.2) is 0 Å². The molecule has 1 aliphatic rings. The van der Waals surface area contributed by atoms with Gasteiger partial charge >= 0.3 is 0 Å². The molecule has 0 radical (unpaired) electrons. The Morgan fingerprint density at radius 1 is 1.29 bits per heavy atom. The molecule has 1 aliphatic heterocycles. The number of methoxy groups -OCH3 is 3. The zero-order valence-corrected chi connectivity index (χ0v) is 14.3. The van der Waals surface area contributed by atoms with Crippen LogP contribution in [0.4, 0.5) is 5.69 Å². The van der Waals surface area contributed by atoms with E-state index in [1.165, 1.54) is 7.11 Å². The number of carbonyl (C=O) groups is 2. The highest BCUT2D eigenvalue weighted by Crippen LogP contribution is 2.30. The lowest BCUT2D eigenvalue weighted by atomic mass is 10.1. The molecule has 2 amide bonds. The van der Waals surface area contributed by atoms with Gasteiger partial charge in [-0.3, -0.25) is 9.59 Å². The van der Waals surface area contributed by atoms with Gasteiger partial charge in [0.2, 0.25) is 11.8 Å². The minimum Gasteiger partial charge on any atom is -0.497 e. The van der Waals surface area contributed by atoms with Crippen molar-refractivity contribution in [2.24, 2.45) is 5.92 Å². The van der Waals surface area contributed by atoms with Crippen molar-refractivity contribution in [3.8, 4) is 11.5 Å². The Kier molecular flexibility index (Phi) is 6.43. The first kappa shape index (κ1) is 18.1. The van der Waals surface area contributed by atoms with Crippen LogP contribution in [-0.2, 0) is 14.3 Å². The Morgan fingerprint density at radius 2 is 2.08 bits per heavy atom. The molecule has 0 bridgehead atoms. The van der Waals surface area contributed by atoms with Crippen LogP contribution < -0.4 is 14.8 Å². The largest absolute Gasteiger partial charge is 0.497 e. The van der Waals surface area contributed by atoms with Crippen LogP contribution in [0.2, 0.25) is 0 Å². The van der Waals surface area contributed by atoms with Crippen molar-refractivity contribution in [1.82, 2.24) is 4.90 Å². The Morgan fingerprint density at radius 3 is 2.75 bits per heavy atom. The van der Waals surface area contributed by atoms with E-state index >= 15 is 0 Å². The van der Waals surface area contributed by atoms with Crippen molar-refractivity contribution in [3.05, 3.63) is 18.2 Å². The molecular weight excluding hydrogens is 312 g/mol. The number of hydrogen-bond donors (Lipinski definition) is 1. The highest BCUT2D eigenvalue weighted by Gasteiger charge is 2.34. The SMILES string of the molecule is COCCCN1CC(C(=O)Nc2cc(OC)ccc2OC)CC1=O. The molecule has 2 rings (SSSR count). The summed E-state index contributed by atoms with van der Waals surface area (Å²) in [7, 11) is 4.72. The van der Waals surface area contributed by atoms with Crippen LogP contribution in [0.3, 0.4) is 0 Å². The summed E-state index contributed by atoms with van der Waals surface area (Å²) in [6.45, 7) is 1.64. The maximum absolute atomic E-state index is 12.5. The lowest BCUT2D eigenvalue weighted by Crippen LogP contribution is -2.29. The van der Waals surface area contributed by atoms with Crippen molar-refractivity contribution in [2.45, 2.75) is 12.8 Å². The second kappa shape index (κ2) is 8.54. The number of likely N-dealkylation sites (tertiary alicyclic amines) is 1. The Labute approximate surface area is 141 Å². The third kappa shape index (κ3) is 4.38. The number of nitrogens with zero attached hydrogens (tertiary/aromatic N) is 1. The molecule has 0 saturated carbocycles. The Balaban J connectivity index is 1.99. The quantitative estimate of drug-likeness (QED) is 0.729. The fourth-order valence-corrected chi connectivity index (χ4v) is 2.71. The lowest BCUT2D eigenvalue weighted by molar-refractivity contribution is -0.128. The summed E-state index contributed by atoms with van der Waals surface area (Å²) in [5, 5.41) is 2.84. The van der Waals surface area contributed by atoms with Crippen molar-refractivity contribution in [1.29, 1.82) is 0 Å². The summed E-state index contributed by atoms with van der Waals surface area (Å²) < 4.78 is 15.4. The van der Waals surface area contributed by atoms with E-state index in [9.17, 15) is 9.59 Å². The molecule has 7 nitrogen and oxygen atoms in total. The Hall–Kier alpha value is -2.28. The standard InChI is InChI=1S/C17H24N2O5/c1-22-8-4-7-19-11-12(9-16(19)20)17(21)18-14-10-13(23-2)5-6-15(14)24-3/h5-6,10,12H,4,7-9,11H2,1-3H3,(H,18,21). The number of rotatable bonds is 8. The zero-order chi connectivity index (χ0) is 17.5. The van der Waals surface area contributed by atoms with Crippen molar-refractivity contribution >= 4 is 17.5 Å². The molecule has 1 N–H and O–H groups in total. The number of hydrogen-bond acceptors (Lipinski definition) is 5. The molecule has 1 unspecified atom stereocenters. The fourth-order valence-electron chi connectivity index (χ4n) is 2.71. The molecule has 24 heavy (non-hydrogen) atoms. The molecule has 1 saturated heterocycles. The smallest absolute Gasteiger partial charge is 0.229 e. The summed E-state index contributed by atoms with van der Waals surface area (Å²) in [6, 6.07) is 5.18. The number of nitrogens with one attached hydrogen (secondary N) is 1. The van der Waals surface area contributed by atoms with E-state index in [1.54, 1.807) is 37.3 Å². The second-order valence-corrected chi connectivity index (χ2v) is 5.64. The number of amides is 2. The molecule has 1 aromatic carbocycles. The molecule has 0 spiro atoms. The average Bonchev–Trinajstić information content (AvgIpc) is 2.96. The monoisotopic (exact) mass is 336 g/mol. The first-order valence-electron chi connectivity index (χ1n) is 7.88. The minimum atomic E-state index is -0.365. The van der Waals surface area contributed by atoms with E-state index in [-0.39, 0.29) is 24.2 Å². The van der Waals surface area contributed by atoms with E-state index in [0.717, 1.165) is 6.42 Å². The lowest BCUT2D eigenvalue weighted by Gasteiger charge is -2.17. The van der Waals surface area contributed by atoms with Crippen LogP contribution in [0, 0.1) is 5.92 Å². The summed E-state index contributed by atoms with van der Waals surface area (Å²) in [5.74, 6) is 0.615. The number of benzene rings is 1. The molecule has 1 fully saturated rings. The van der Waals surface area contributed by atoms with Gasteiger partial charge in [0.1, 0.15) is 11.5 Å². The van der Waals surface area contributed by atoms with Crippen LogP contribution in [0.15, 0.2) is 18.2 Å². The third-order valence-corrected chi connectivity index (χ3v) is 4.03. The molecule has 1 aromatic rings. The second-order valence-electron chi connectivity index (χ2n) is 5.64. The van der Waals surface area contributed by atoms with Gasteiger partial charge in [-0.15, -0.1) is 0 Å². The molecule has 7 heteroatoms. The molecular formula is C17H24N2O5. The van der Waals surface area contributed by atoms with E-state index in [0.29, 0.717) is 36.9 Å². The van der Waals surface area contributed by atoms with Crippen LogP contribution in [-0.4, -0.2) is 57.7 Å². The highest BCUT2D eigenvalue weighted by molar-refractivity contribution is 5.98. The van der Waals surface area contributed by atoms with Gasteiger partial charge in [0, 0.05) is 39.3 Å². The van der Waals surface area contributed by atoms with Crippen LogP contribution in [0.1, 0.15) is 12.8 Å². The summed E-state index contributed by atoms with van der Waals surface area (Å²) in [6.07, 6.45) is 0.991. The van der Waals surface area contributed by atoms with Gasteiger partial charge in [-0.2, -0.15) is 0 Å². The average molecular weight is 336 g/mol. The van der Waals surface area contributed by atoms with Gasteiger partial charge in [0.25, 0.3) is 0 Å². The van der Waals surface area contributed by atoms with Gasteiger partial charge in [-0.05, 0) is 18.6 Å². The molecule has 1 heterocycles. The third-order valence-electron chi connectivity index (χ3n) is 4.03. The number of carbonyl (C=O) groups excluding carboxylic acids is 2. The fraction of sp³-hybridized carbons (Fsp3) is 0.529. The topological polar surface area (TPSA) is 77.1 Å². The first-order valence-corrected chi connectivity index (χ1v) is 7.88. The van der Waals surface area contributed by atoms with Crippen molar-refractivity contribution in [2.75, 3.05) is 46.3 Å². The molecule has 0 aliphatic carbocycles. The predicted molar refractivity (Wildman–Crippen MR) is 89.4 cm³/mol. The van der Waals surface area contributed by atoms with Gasteiger partial charge < -0.3 is 24.4 Å². The number of anilines is 1. The highest BCUT2D eigenvalue weighted by atomic mass is 16.5. The van der Waals surface area contributed by atoms with Gasteiger partial charge in [0.05, 0.1) is 25.8 Å². The van der Waals surface area contributed by atoms with E-state index in [4.69, 9.17) is 14.2 Å². The van der Waals surface area contributed by atoms with Crippen molar-refractivity contribution in [3.63, 3.8) is 0 Å². The normalized spacial score (nSPS) is 17.0. The Bertz CT molecular complexity index is 590. The van der Waals surface area contributed by atoms with Gasteiger partial charge in [0.15, 0.2) is 0 Å². The van der Waals surface area contributed by atoms with Crippen LogP contribution in [0.25, 0.3) is 0 Å². The van der Waals surface area contributed by atoms with E-state index < -0.39 is 0 Å². The molecule has 1 atom stereocenters. The van der Waals surface area contributed by atoms with Crippen LogP contribution in [0.5, 0.6) is 11.5 Å². The van der Waals surface area contributed by atoms with E-state index in [2.05, 4.69) is 5.32 Å². The van der Waals surface area contributed by atoms with Crippen molar-refractivity contribution < 1.29 is 23.8 Å². The summed E-state index contributed by atoms with van der Waals surface area (Å²) in [5.41, 5.74) is 0.534. The van der Waals surface area contributed by atoms with Crippen LogP contribution >= 0.6 is 0 Å². The summed E-state index contributed by atoms with van der Waals surface area (Å²) in [4.78, 5) is 26.2. The molecule has 132 valence electrons. The van der Waals surface area contributed by atoms with Gasteiger partial charge in [-0.1, -0.05) is 0 Å². The summed E-state index contributed by atoms with van der Waals surface area (Å²) >= 11 is 0.